The van der Waals surface area contributed by atoms with Crippen LogP contribution in [0.5, 0.6) is 11.9 Å². The van der Waals surface area contributed by atoms with Crippen molar-refractivity contribution in [1.82, 2.24) is 20.3 Å². The van der Waals surface area contributed by atoms with Crippen LogP contribution in [-0.2, 0) is 6.18 Å². The number of anilines is 2. The highest BCUT2D eigenvalue weighted by Gasteiger charge is 2.51. The maximum atomic E-state index is 16.4. The first-order valence-corrected chi connectivity index (χ1v) is 13.6. The van der Waals surface area contributed by atoms with Gasteiger partial charge in [-0.05, 0) is 31.9 Å². The predicted octanol–water partition coefficient (Wildman–Crippen LogP) is 4.87. The molecule has 0 radical (unpaired) electrons. The van der Waals surface area contributed by atoms with Gasteiger partial charge in [0.1, 0.15) is 29.0 Å². The van der Waals surface area contributed by atoms with Crippen LogP contribution < -0.4 is 25.4 Å². The lowest BCUT2D eigenvalue weighted by molar-refractivity contribution is -0.261. The van der Waals surface area contributed by atoms with E-state index in [1.807, 2.05) is 4.90 Å². The minimum absolute atomic E-state index is 0.00473. The summed E-state index contributed by atoms with van der Waals surface area (Å²) < 4.78 is 110. The number of pyridine rings is 1. The number of nitrogens with zero attached hydrogens (tertiary/aromatic N) is 4. The number of hydrogen-bond acceptors (Lipinski definition) is 9. The summed E-state index contributed by atoms with van der Waals surface area (Å²) in [6.45, 7) is -0.413. The number of rotatable bonds is 4. The minimum Gasteiger partial charge on any atom is -0.477 e. The molecule has 232 valence electrons. The fraction of sp³-hybridized carbons (Fsp3) is 0.500. The number of aromatic nitrogens is 3. The van der Waals surface area contributed by atoms with Crippen molar-refractivity contribution in [1.29, 1.82) is 0 Å². The number of nitrogens with one attached hydrogen (secondary N) is 1. The molecule has 3 aliphatic heterocycles. The molecule has 3 aromatic rings. The number of nitrogens with two attached hydrogens (primary N) is 1. The Bertz CT molecular complexity index is 1600. The molecule has 0 aliphatic carbocycles. The Morgan fingerprint density at radius 1 is 1.14 bits per heavy atom. The quantitative estimate of drug-likeness (QED) is 0.272. The van der Waals surface area contributed by atoms with Crippen molar-refractivity contribution in [3.63, 3.8) is 0 Å². The highest BCUT2D eigenvalue weighted by Crippen LogP contribution is 2.47. The summed E-state index contributed by atoms with van der Waals surface area (Å²) in [6, 6.07) is 0.798. The Morgan fingerprint density at radius 3 is 2.58 bits per heavy atom. The van der Waals surface area contributed by atoms with Gasteiger partial charge in [0.15, 0.2) is 11.4 Å². The van der Waals surface area contributed by atoms with Gasteiger partial charge in [-0.15, -0.1) is 0 Å². The Hall–Kier alpha value is -3.37. The highest BCUT2D eigenvalue weighted by molar-refractivity contribution is 6.32. The van der Waals surface area contributed by atoms with E-state index in [9.17, 15) is 31.4 Å². The predicted molar refractivity (Wildman–Crippen MR) is 141 cm³/mol. The van der Waals surface area contributed by atoms with E-state index in [2.05, 4.69) is 20.3 Å². The van der Waals surface area contributed by atoms with Crippen molar-refractivity contribution < 1.29 is 45.3 Å². The fourth-order valence-corrected chi connectivity index (χ4v) is 6.15. The molecule has 0 spiro atoms. The van der Waals surface area contributed by atoms with Gasteiger partial charge in [-0.3, -0.25) is 0 Å². The lowest BCUT2D eigenvalue weighted by Crippen LogP contribution is -2.59. The molecule has 4 N–H and O–H groups in total. The average molecular weight is 637 g/mol. The maximum absolute atomic E-state index is 16.4. The van der Waals surface area contributed by atoms with E-state index in [4.69, 9.17) is 26.8 Å². The van der Waals surface area contributed by atoms with Crippen LogP contribution in [0.15, 0.2) is 12.1 Å². The van der Waals surface area contributed by atoms with Crippen LogP contribution in [0.4, 0.5) is 42.2 Å². The van der Waals surface area contributed by atoms with E-state index in [0.29, 0.717) is 19.9 Å². The van der Waals surface area contributed by atoms with Crippen LogP contribution in [0.2, 0.25) is 5.02 Å². The third-order valence-electron chi connectivity index (χ3n) is 7.94. The van der Waals surface area contributed by atoms with Crippen LogP contribution in [0.3, 0.4) is 0 Å². The molecule has 0 unspecified atom stereocenters. The van der Waals surface area contributed by atoms with Gasteiger partial charge in [0.25, 0.3) is 0 Å². The van der Waals surface area contributed by atoms with Gasteiger partial charge in [0.05, 0.1) is 17.2 Å². The molecule has 2 aromatic heterocycles. The van der Waals surface area contributed by atoms with Crippen molar-refractivity contribution in [2.45, 2.75) is 62.3 Å². The Morgan fingerprint density at radius 2 is 1.88 bits per heavy atom. The Kier molecular flexibility index (Phi) is 6.97. The van der Waals surface area contributed by atoms with Crippen molar-refractivity contribution in [3.05, 3.63) is 28.5 Å². The van der Waals surface area contributed by atoms with E-state index < -0.39 is 63.7 Å². The highest BCUT2D eigenvalue weighted by atomic mass is 35.5. The lowest BCUT2D eigenvalue weighted by Gasteiger charge is -2.43. The van der Waals surface area contributed by atoms with Crippen molar-refractivity contribution in [2.24, 2.45) is 0 Å². The third kappa shape index (κ3) is 5.12. The van der Waals surface area contributed by atoms with Gasteiger partial charge in [-0.2, -0.15) is 36.3 Å². The molecule has 43 heavy (non-hydrogen) atoms. The summed E-state index contributed by atoms with van der Waals surface area (Å²) in [7, 11) is 0. The van der Waals surface area contributed by atoms with Gasteiger partial charge >= 0.3 is 18.4 Å². The maximum Gasteiger partial charge on any atom is 0.420 e. The lowest BCUT2D eigenvalue weighted by atomic mass is 9.99. The molecule has 0 saturated carbocycles. The SMILES string of the molecule is C[C@](O)(COc1nc2c3c(nc(-c4cc(N)cc(Cl)c4C(F)(F)F)c(F)c3n1)OCC[C@@H]1[C@@H]3CC[C@H](CN21)N3)C(F)(F)F. The van der Waals surface area contributed by atoms with Crippen molar-refractivity contribution >= 4 is 34.0 Å². The summed E-state index contributed by atoms with van der Waals surface area (Å²) in [5, 5.41) is 12.5. The topological polar surface area (TPSA) is 119 Å². The number of hydrogen-bond donors (Lipinski definition) is 3. The van der Waals surface area contributed by atoms with Crippen LogP contribution >= 0.6 is 11.6 Å². The largest absolute Gasteiger partial charge is 0.477 e. The normalized spacial score (nSPS) is 23.3. The van der Waals surface area contributed by atoms with Gasteiger partial charge in [-0.1, -0.05) is 11.6 Å². The summed E-state index contributed by atoms with van der Waals surface area (Å²) in [6.07, 6.45) is -8.05. The number of piperazine rings is 1. The molecule has 4 atom stereocenters. The smallest absolute Gasteiger partial charge is 0.420 e. The molecular formula is C26H24ClF7N6O3. The first-order valence-electron chi connectivity index (χ1n) is 13.2. The Labute approximate surface area is 244 Å². The standard InChI is InChI=1S/C26H24ClF7N6O3/c1-24(41,26(32,33)34)9-43-23-38-20-16-21(39-23)40-8-11-2-3-14(36-11)15(40)4-5-42-22(16)37-19(18(20)28)12-6-10(35)7-13(27)17(12)25(29,30)31/h6-7,11,14-15,36,41H,2-5,8-9,35H2,1H3/t11-,14+,15-,24+/m1/s1. The van der Waals surface area contributed by atoms with Crippen LogP contribution in [0.25, 0.3) is 22.2 Å². The molecule has 2 fully saturated rings. The molecule has 6 rings (SSSR count). The zero-order chi connectivity index (χ0) is 31.1. The molecule has 1 aromatic carbocycles. The molecule has 0 amide bonds. The van der Waals surface area contributed by atoms with Crippen molar-refractivity contribution in [2.75, 3.05) is 30.4 Å². The van der Waals surface area contributed by atoms with Crippen LogP contribution in [0.1, 0.15) is 31.7 Å². The summed E-state index contributed by atoms with van der Waals surface area (Å²) in [5.41, 5.74) is -1.42. The number of nitrogen functional groups attached to an aromatic ring is 1. The second kappa shape index (κ2) is 10.1. The van der Waals surface area contributed by atoms with Crippen molar-refractivity contribution in [3.8, 4) is 23.1 Å². The first kappa shape index (κ1) is 29.7. The van der Waals surface area contributed by atoms with Crippen LogP contribution in [-0.4, -0.2) is 69.7 Å². The molecule has 3 aliphatic rings. The fourth-order valence-electron chi connectivity index (χ4n) is 5.81. The molecular weight excluding hydrogens is 613 g/mol. The zero-order valence-electron chi connectivity index (χ0n) is 22.3. The van der Waals surface area contributed by atoms with E-state index in [-0.39, 0.29) is 47.5 Å². The van der Waals surface area contributed by atoms with Gasteiger partial charge in [0, 0.05) is 42.3 Å². The molecule has 9 nitrogen and oxygen atoms in total. The van der Waals surface area contributed by atoms with Gasteiger partial charge in [-0.25, -0.2) is 9.37 Å². The minimum atomic E-state index is -5.08. The Balaban J connectivity index is 1.60. The molecule has 2 bridgehead atoms. The number of benzene rings is 1. The summed E-state index contributed by atoms with van der Waals surface area (Å²) in [5.74, 6) is -1.61. The van der Waals surface area contributed by atoms with E-state index >= 15 is 4.39 Å². The summed E-state index contributed by atoms with van der Waals surface area (Å²) >= 11 is 5.90. The average Bonchev–Trinajstić information content (AvgIpc) is 3.28. The van der Waals surface area contributed by atoms with Gasteiger partial charge < -0.3 is 30.5 Å². The molecule has 17 heteroatoms. The second-order valence-electron chi connectivity index (χ2n) is 11.0. The number of alkyl halides is 6. The number of halogens is 8. The monoisotopic (exact) mass is 636 g/mol. The number of fused-ring (bicyclic) bond motifs is 5. The third-order valence-corrected chi connectivity index (χ3v) is 8.24. The number of aliphatic hydroxyl groups is 1. The zero-order valence-corrected chi connectivity index (χ0v) is 23.0. The molecule has 2 saturated heterocycles. The van der Waals surface area contributed by atoms with Crippen LogP contribution in [0, 0.1) is 5.82 Å². The van der Waals surface area contributed by atoms with Gasteiger partial charge in [0.2, 0.25) is 5.88 Å². The van der Waals surface area contributed by atoms with E-state index in [1.54, 1.807) is 0 Å². The first-order chi connectivity index (χ1) is 20.0. The summed E-state index contributed by atoms with van der Waals surface area (Å²) in [4.78, 5) is 14.2. The van der Waals surface area contributed by atoms with E-state index in [0.717, 1.165) is 25.0 Å². The van der Waals surface area contributed by atoms with E-state index in [1.165, 1.54) is 0 Å². The number of ether oxygens (including phenoxy) is 2. The second-order valence-corrected chi connectivity index (χ2v) is 11.4. The molecule has 5 heterocycles.